The summed E-state index contributed by atoms with van der Waals surface area (Å²) in [6, 6.07) is 7.66. The van der Waals surface area contributed by atoms with Gasteiger partial charge in [0.2, 0.25) is 5.88 Å². The summed E-state index contributed by atoms with van der Waals surface area (Å²) in [7, 11) is 0. The summed E-state index contributed by atoms with van der Waals surface area (Å²) in [5.74, 6) is 0.178. The second-order valence-electron chi connectivity index (χ2n) is 3.85. The zero-order chi connectivity index (χ0) is 14.0. The molecular weight excluding hydrogens is 331 g/mol. The van der Waals surface area contributed by atoms with Crippen LogP contribution in [0.3, 0.4) is 0 Å². The highest BCUT2D eigenvalue weighted by Crippen LogP contribution is 2.31. The largest absolute Gasteiger partial charge is 0.437 e. The molecule has 3 nitrogen and oxygen atoms in total. The van der Waals surface area contributed by atoms with Gasteiger partial charge in [-0.1, -0.05) is 12.2 Å². The van der Waals surface area contributed by atoms with Gasteiger partial charge in [-0.2, -0.15) is 0 Å². The first-order valence-electron chi connectivity index (χ1n) is 5.37. The second-order valence-corrected chi connectivity index (χ2v) is 5.14. The van der Waals surface area contributed by atoms with E-state index in [-0.39, 0.29) is 10.9 Å². The van der Waals surface area contributed by atoms with E-state index in [1.807, 2.05) is 6.92 Å². The number of ether oxygens (including phenoxy) is 1. The first-order chi connectivity index (χ1) is 8.97. The van der Waals surface area contributed by atoms with E-state index in [9.17, 15) is 4.39 Å². The van der Waals surface area contributed by atoms with Crippen molar-refractivity contribution in [2.45, 2.75) is 6.92 Å². The Morgan fingerprint density at radius 1 is 1.37 bits per heavy atom. The van der Waals surface area contributed by atoms with Crippen molar-refractivity contribution in [3.05, 3.63) is 51.9 Å². The van der Waals surface area contributed by atoms with E-state index in [1.54, 1.807) is 18.2 Å². The molecule has 1 aromatic carbocycles. The molecule has 1 aromatic heterocycles. The third kappa shape index (κ3) is 3.27. The van der Waals surface area contributed by atoms with Crippen molar-refractivity contribution in [2.24, 2.45) is 5.73 Å². The molecule has 0 radical (unpaired) electrons. The third-order valence-electron chi connectivity index (χ3n) is 2.36. The van der Waals surface area contributed by atoms with Crippen LogP contribution in [-0.2, 0) is 0 Å². The lowest BCUT2D eigenvalue weighted by atomic mass is 10.2. The van der Waals surface area contributed by atoms with Crippen LogP contribution in [0.15, 0.2) is 34.8 Å². The summed E-state index contributed by atoms with van der Waals surface area (Å²) >= 11 is 8.22. The lowest BCUT2D eigenvalue weighted by Gasteiger charge is -2.11. The Morgan fingerprint density at radius 2 is 2.11 bits per heavy atom. The maximum Gasteiger partial charge on any atom is 0.229 e. The standard InChI is InChI=1S/C13H10BrFN2OS/c1-7-2-4-9(12(16)19)13(17-7)18-11-6-8(15)3-5-10(11)14/h2-6H,1H3,(H2,16,19). The SMILES string of the molecule is Cc1ccc(C(N)=S)c(Oc2cc(F)ccc2Br)n1. The van der Waals surface area contributed by atoms with Crippen LogP contribution in [0.25, 0.3) is 0 Å². The fourth-order valence-electron chi connectivity index (χ4n) is 1.46. The number of nitrogens with two attached hydrogens (primary N) is 1. The number of hydrogen-bond acceptors (Lipinski definition) is 3. The number of rotatable bonds is 3. The van der Waals surface area contributed by atoms with Crippen molar-refractivity contribution in [3.63, 3.8) is 0 Å². The monoisotopic (exact) mass is 340 g/mol. The summed E-state index contributed by atoms with van der Waals surface area (Å²) in [4.78, 5) is 4.40. The van der Waals surface area contributed by atoms with Crippen molar-refractivity contribution in [1.82, 2.24) is 4.98 Å². The molecule has 0 bridgehead atoms. The number of hydrogen-bond donors (Lipinski definition) is 1. The van der Waals surface area contributed by atoms with Crippen molar-refractivity contribution in [2.75, 3.05) is 0 Å². The fraction of sp³-hybridized carbons (Fsp3) is 0.0769. The minimum atomic E-state index is -0.400. The van der Waals surface area contributed by atoms with E-state index in [2.05, 4.69) is 20.9 Å². The van der Waals surface area contributed by atoms with Crippen LogP contribution in [0.5, 0.6) is 11.6 Å². The predicted molar refractivity (Wildman–Crippen MR) is 79.0 cm³/mol. The molecule has 0 saturated carbocycles. The van der Waals surface area contributed by atoms with Gasteiger partial charge >= 0.3 is 0 Å². The van der Waals surface area contributed by atoms with E-state index in [0.717, 1.165) is 5.69 Å². The zero-order valence-corrected chi connectivity index (χ0v) is 12.4. The van der Waals surface area contributed by atoms with E-state index in [1.165, 1.54) is 12.1 Å². The van der Waals surface area contributed by atoms with E-state index >= 15 is 0 Å². The van der Waals surface area contributed by atoms with Crippen LogP contribution >= 0.6 is 28.1 Å². The Hall–Kier alpha value is -1.53. The van der Waals surface area contributed by atoms with Crippen molar-refractivity contribution in [1.29, 1.82) is 0 Å². The van der Waals surface area contributed by atoms with Crippen molar-refractivity contribution in [3.8, 4) is 11.6 Å². The Labute approximate surface area is 123 Å². The van der Waals surface area contributed by atoms with Crippen LogP contribution < -0.4 is 10.5 Å². The van der Waals surface area contributed by atoms with E-state index in [0.29, 0.717) is 15.8 Å². The highest BCUT2D eigenvalue weighted by Gasteiger charge is 2.12. The first kappa shape index (κ1) is 13.9. The molecule has 1 heterocycles. The molecule has 0 atom stereocenters. The average molecular weight is 341 g/mol. The van der Waals surface area contributed by atoms with Crippen LogP contribution in [0.1, 0.15) is 11.3 Å². The molecule has 0 amide bonds. The van der Waals surface area contributed by atoms with Gasteiger partial charge in [-0.15, -0.1) is 0 Å². The topological polar surface area (TPSA) is 48.1 Å². The predicted octanol–water partition coefficient (Wildman–Crippen LogP) is 3.72. The number of halogens is 2. The highest BCUT2D eigenvalue weighted by atomic mass is 79.9. The maximum absolute atomic E-state index is 13.2. The lowest BCUT2D eigenvalue weighted by molar-refractivity contribution is 0.453. The summed E-state index contributed by atoms with van der Waals surface area (Å²) in [6.07, 6.45) is 0. The van der Waals surface area contributed by atoms with Gasteiger partial charge in [0, 0.05) is 11.8 Å². The quantitative estimate of drug-likeness (QED) is 0.865. The van der Waals surface area contributed by atoms with Crippen molar-refractivity contribution < 1.29 is 9.13 Å². The summed E-state index contributed by atoms with van der Waals surface area (Å²) in [5, 5.41) is 0. The Morgan fingerprint density at radius 3 is 2.79 bits per heavy atom. The molecule has 2 aromatic rings. The van der Waals surface area contributed by atoms with Gasteiger partial charge in [0.25, 0.3) is 0 Å². The molecule has 0 fully saturated rings. The minimum absolute atomic E-state index is 0.176. The maximum atomic E-state index is 13.2. The first-order valence-corrected chi connectivity index (χ1v) is 6.58. The number of pyridine rings is 1. The number of aryl methyl sites for hydroxylation is 1. The third-order valence-corrected chi connectivity index (χ3v) is 3.24. The summed E-state index contributed by atoms with van der Waals surface area (Å²) in [5.41, 5.74) is 6.88. The van der Waals surface area contributed by atoms with Gasteiger partial charge in [-0.3, -0.25) is 0 Å². The number of benzene rings is 1. The van der Waals surface area contributed by atoms with Gasteiger partial charge in [0.05, 0.1) is 10.0 Å². The molecule has 98 valence electrons. The number of thiocarbonyl (C=S) groups is 1. The van der Waals surface area contributed by atoms with Crippen LogP contribution in [0, 0.1) is 12.7 Å². The van der Waals surface area contributed by atoms with Crippen LogP contribution in [0.2, 0.25) is 0 Å². The number of aromatic nitrogens is 1. The van der Waals surface area contributed by atoms with Gasteiger partial charge < -0.3 is 10.5 Å². The lowest BCUT2D eigenvalue weighted by Crippen LogP contribution is -2.12. The van der Waals surface area contributed by atoms with Crippen LogP contribution in [-0.4, -0.2) is 9.97 Å². The van der Waals surface area contributed by atoms with Gasteiger partial charge in [-0.05, 0) is 47.1 Å². The smallest absolute Gasteiger partial charge is 0.229 e. The fourth-order valence-corrected chi connectivity index (χ4v) is 1.94. The molecule has 2 N–H and O–H groups in total. The van der Waals surface area contributed by atoms with Gasteiger partial charge in [0.15, 0.2) is 0 Å². The molecule has 0 aliphatic rings. The Kier molecular flexibility index (Phi) is 4.11. The molecule has 2 rings (SSSR count). The number of nitrogens with zero attached hydrogens (tertiary/aromatic N) is 1. The Bertz CT molecular complexity index is 649. The van der Waals surface area contributed by atoms with Crippen LogP contribution in [0.4, 0.5) is 4.39 Å². The molecule has 19 heavy (non-hydrogen) atoms. The molecule has 0 aliphatic heterocycles. The Balaban J connectivity index is 2.45. The molecular formula is C13H10BrFN2OS. The molecule has 0 spiro atoms. The summed E-state index contributed by atoms with van der Waals surface area (Å²) < 4.78 is 19.4. The molecule has 0 saturated heterocycles. The van der Waals surface area contributed by atoms with E-state index < -0.39 is 5.82 Å². The molecule has 0 aliphatic carbocycles. The molecule has 6 heteroatoms. The summed E-state index contributed by atoms with van der Waals surface area (Å²) in [6.45, 7) is 1.82. The van der Waals surface area contributed by atoms with Gasteiger partial charge in [-0.25, -0.2) is 9.37 Å². The second kappa shape index (κ2) is 5.63. The zero-order valence-electron chi connectivity index (χ0n) is 9.98. The van der Waals surface area contributed by atoms with Crippen molar-refractivity contribution >= 4 is 33.1 Å². The minimum Gasteiger partial charge on any atom is -0.437 e. The normalized spacial score (nSPS) is 10.3. The molecule has 0 unspecified atom stereocenters. The average Bonchev–Trinajstić information content (AvgIpc) is 2.33. The van der Waals surface area contributed by atoms with Gasteiger partial charge in [0.1, 0.15) is 16.6 Å². The highest BCUT2D eigenvalue weighted by molar-refractivity contribution is 9.10. The van der Waals surface area contributed by atoms with E-state index in [4.69, 9.17) is 22.7 Å².